The Kier molecular flexibility index (Phi) is 3.23. The van der Waals surface area contributed by atoms with Gasteiger partial charge in [-0.1, -0.05) is 5.16 Å². The van der Waals surface area contributed by atoms with E-state index in [0.717, 1.165) is 18.2 Å². The maximum atomic E-state index is 13.1. The molecular weight excluding hydrogens is 273 g/mol. The summed E-state index contributed by atoms with van der Waals surface area (Å²) in [4.78, 5) is -0.230. The number of aryl methyl sites for hydroxylation is 1. The van der Waals surface area contributed by atoms with Gasteiger partial charge in [-0.15, -0.1) is 0 Å². The first-order valence-electron chi connectivity index (χ1n) is 5.08. The average molecular weight is 281 g/mol. The van der Waals surface area contributed by atoms with Crippen LogP contribution in [-0.2, 0) is 10.0 Å². The highest BCUT2D eigenvalue weighted by molar-refractivity contribution is 7.92. The second-order valence-corrected chi connectivity index (χ2v) is 5.36. The Morgan fingerprint density at radius 1 is 1.42 bits per heavy atom. The monoisotopic (exact) mass is 281 g/mol. The van der Waals surface area contributed by atoms with Crippen LogP contribution in [-0.4, -0.2) is 13.6 Å². The van der Waals surface area contributed by atoms with E-state index in [9.17, 15) is 12.8 Å². The summed E-state index contributed by atoms with van der Waals surface area (Å²) in [5.74, 6) is -0.325. The molecule has 0 amide bonds. The zero-order valence-electron chi connectivity index (χ0n) is 9.71. The maximum Gasteiger partial charge on any atom is 0.263 e. The maximum absolute atomic E-state index is 13.1. The number of halogens is 1. The molecule has 0 unspecified atom stereocenters. The van der Waals surface area contributed by atoms with Gasteiger partial charge in [0.2, 0.25) is 0 Å². The zero-order valence-corrected chi connectivity index (χ0v) is 10.5. The molecule has 0 aliphatic rings. The summed E-state index contributed by atoms with van der Waals surface area (Å²) in [6, 6.07) is 5.90. The predicted octanol–water partition coefficient (Wildman–Crippen LogP) is 1.79. The second kappa shape index (κ2) is 4.70. The van der Waals surface area contributed by atoms with Gasteiger partial charge in [0.1, 0.15) is 17.6 Å². The van der Waals surface area contributed by atoms with E-state index in [0.29, 0.717) is 5.76 Å². The Bertz CT molecular complexity index is 762. The van der Waals surface area contributed by atoms with Crippen LogP contribution in [0.2, 0.25) is 0 Å². The highest BCUT2D eigenvalue weighted by atomic mass is 32.2. The number of nitrogens with zero attached hydrogens (tertiary/aromatic N) is 2. The molecule has 98 valence electrons. The van der Waals surface area contributed by atoms with Crippen LogP contribution in [0, 0.1) is 24.1 Å². The number of nitrogens with one attached hydrogen (secondary N) is 1. The Balaban J connectivity index is 2.37. The first-order chi connectivity index (χ1) is 8.92. The summed E-state index contributed by atoms with van der Waals surface area (Å²) in [5.41, 5.74) is -0.348. The number of hydrogen-bond acceptors (Lipinski definition) is 5. The number of anilines is 1. The number of hydrogen-bond donors (Lipinski definition) is 1. The van der Waals surface area contributed by atoms with Crippen LogP contribution in [0.3, 0.4) is 0 Å². The van der Waals surface area contributed by atoms with Crippen molar-refractivity contribution >= 4 is 15.8 Å². The summed E-state index contributed by atoms with van der Waals surface area (Å²) in [7, 11) is -3.94. The molecule has 0 saturated heterocycles. The Morgan fingerprint density at radius 3 is 2.74 bits per heavy atom. The third kappa shape index (κ3) is 2.71. The van der Waals surface area contributed by atoms with Gasteiger partial charge in [-0.25, -0.2) is 12.8 Å². The van der Waals surface area contributed by atoms with E-state index in [2.05, 4.69) is 9.88 Å². The molecule has 0 fully saturated rings. The molecule has 0 bridgehead atoms. The van der Waals surface area contributed by atoms with Crippen LogP contribution < -0.4 is 4.72 Å². The number of aromatic nitrogens is 1. The zero-order chi connectivity index (χ0) is 14.0. The van der Waals surface area contributed by atoms with Crippen LogP contribution in [0.1, 0.15) is 11.3 Å². The van der Waals surface area contributed by atoms with Gasteiger partial charge in [0.15, 0.2) is 5.82 Å². The van der Waals surface area contributed by atoms with Crippen LogP contribution in [0.15, 0.2) is 33.7 Å². The summed E-state index contributed by atoms with van der Waals surface area (Å²) in [6.45, 7) is 1.61. The SMILES string of the molecule is Cc1cc(NS(=O)(=O)c2ccc(F)c(C#N)c2)no1. The molecular formula is C11H8FN3O3S. The van der Waals surface area contributed by atoms with E-state index in [-0.39, 0.29) is 16.3 Å². The molecule has 2 rings (SSSR count). The van der Waals surface area contributed by atoms with Gasteiger partial charge in [0, 0.05) is 6.07 Å². The molecule has 1 N–H and O–H groups in total. The van der Waals surface area contributed by atoms with Crippen molar-refractivity contribution in [3.63, 3.8) is 0 Å². The van der Waals surface area contributed by atoms with E-state index >= 15 is 0 Å². The number of rotatable bonds is 3. The lowest BCUT2D eigenvalue weighted by molar-refractivity contribution is 0.400. The van der Waals surface area contributed by atoms with Crippen LogP contribution >= 0.6 is 0 Å². The molecule has 2 aromatic rings. The second-order valence-electron chi connectivity index (χ2n) is 3.68. The first-order valence-corrected chi connectivity index (χ1v) is 6.56. The Hall–Kier alpha value is -2.40. The van der Waals surface area contributed by atoms with Gasteiger partial charge >= 0.3 is 0 Å². The van der Waals surface area contributed by atoms with Gasteiger partial charge in [-0.05, 0) is 25.1 Å². The molecule has 0 saturated carbocycles. The van der Waals surface area contributed by atoms with E-state index in [1.54, 1.807) is 13.0 Å². The fourth-order valence-electron chi connectivity index (χ4n) is 1.37. The third-order valence-electron chi connectivity index (χ3n) is 2.24. The Morgan fingerprint density at radius 2 is 2.16 bits per heavy atom. The van der Waals surface area contributed by atoms with Gasteiger partial charge in [0.25, 0.3) is 10.0 Å². The minimum Gasteiger partial charge on any atom is -0.360 e. The van der Waals surface area contributed by atoms with Crippen molar-refractivity contribution in [2.24, 2.45) is 0 Å². The van der Waals surface area contributed by atoms with Crippen molar-refractivity contribution in [2.75, 3.05) is 4.72 Å². The van der Waals surface area contributed by atoms with Crippen LogP contribution in [0.4, 0.5) is 10.2 Å². The standard InChI is InChI=1S/C11H8FN3O3S/c1-7-4-11(14-18-7)15-19(16,17)9-2-3-10(12)8(5-9)6-13/h2-5H,1H3,(H,14,15). The highest BCUT2D eigenvalue weighted by Gasteiger charge is 2.18. The minimum absolute atomic E-state index is 0.0142. The van der Waals surface area contributed by atoms with E-state index in [1.807, 2.05) is 0 Å². The normalized spacial score (nSPS) is 11.0. The molecule has 0 radical (unpaired) electrons. The molecule has 0 atom stereocenters. The fraction of sp³-hybridized carbons (Fsp3) is 0.0909. The van der Waals surface area contributed by atoms with Crippen molar-refractivity contribution in [1.82, 2.24) is 5.16 Å². The van der Waals surface area contributed by atoms with Gasteiger partial charge in [-0.3, -0.25) is 4.72 Å². The predicted molar refractivity (Wildman–Crippen MR) is 63.2 cm³/mol. The summed E-state index contributed by atoms with van der Waals surface area (Å²) in [5, 5.41) is 12.2. The highest BCUT2D eigenvalue weighted by Crippen LogP contribution is 2.18. The quantitative estimate of drug-likeness (QED) is 0.925. The molecule has 1 aromatic heterocycles. The Labute approximate surface area is 108 Å². The smallest absolute Gasteiger partial charge is 0.263 e. The van der Waals surface area contributed by atoms with Crippen LogP contribution in [0.25, 0.3) is 0 Å². The average Bonchev–Trinajstić information content (AvgIpc) is 2.74. The van der Waals surface area contributed by atoms with Crippen molar-refractivity contribution < 1.29 is 17.3 Å². The summed E-state index contributed by atoms with van der Waals surface area (Å²) >= 11 is 0. The first kappa shape index (κ1) is 13.0. The molecule has 0 aliphatic carbocycles. The molecule has 1 aromatic carbocycles. The van der Waals surface area contributed by atoms with E-state index in [1.165, 1.54) is 6.07 Å². The van der Waals surface area contributed by atoms with Crippen LogP contribution in [0.5, 0.6) is 0 Å². The minimum atomic E-state index is -3.94. The lowest BCUT2D eigenvalue weighted by Crippen LogP contribution is -2.13. The largest absolute Gasteiger partial charge is 0.360 e. The van der Waals surface area contributed by atoms with Crippen molar-refractivity contribution in [2.45, 2.75) is 11.8 Å². The molecule has 0 aliphatic heterocycles. The lowest BCUT2D eigenvalue weighted by atomic mass is 10.2. The summed E-state index contributed by atoms with van der Waals surface area (Å²) < 4.78 is 43.9. The van der Waals surface area contributed by atoms with Gasteiger partial charge < -0.3 is 4.52 Å². The van der Waals surface area contributed by atoms with Crippen molar-refractivity contribution in [1.29, 1.82) is 5.26 Å². The van der Waals surface area contributed by atoms with Crippen molar-refractivity contribution in [3.05, 3.63) is 41.4 Å². The number of benzene rings is 1. The van der Waals surface area contributed by atoms with E-state index < -0.39 is 15.8 Å². The molecule has 19 heavy (non-hydrogen) atoms. The number of sulfonamides is 1. The third-order valence-corrected chi connectivity index (χ3v) is 3.59. The summed E-state index contributed by atoms with van der Waals surface area (Å²) in [6.07, 6.45) is 0. The van der Waals surface area contributed by atoms with Gasteiger partial charge in [-0.2, -0.15) is 5.26 Å². The topological polar surface area (TPSA) is 96.0 Å². The molecule has 8 heteroatoms. The van der Waals surface area contributed by atoms with Crippen molar-refractivity contribution in [3.8, 4) is 6.07 Å². The molecule has 6 nitrogen and oxygen atoms in total. The van der Waals surface area contributed by atoms with Gasteiger partial charge in [0.05, 0.1) is 10.5 Å². The lowest BCUT2D eigenvalue weighted by Gasteiger charge is -2.05. The molecule has 1 heterocycles. The molecule has 0 spiro atoms. The van der Waals surface area contributed by atoms with E-state index in [4.69, 9.17) is 9.78 Å². The number of nitriles is 1. The fourth-order valence-corrected chi connectivity index (χ4v) is 2.38.